The van der Waals surface area contributed by atoms with Crippen molar-refractivity contribution >= 4 is 35.0 Å². The van der Waals surface area contributed by atoms with Crippen LogP contribution in [0.3, 0.4) is 0 Å². The van der Waals surface area contributed by atoms with E-state index in [0.717, 1.165) is 10.6 Å². The predicted octanol–water partition coefficient (Wildman–Crippen LogP) is 3.25. The van der Waals surface area contributed by atoms with Gasteiger partial charge in [0, 0.05) is 23.2 Å². The lowest BCUT2D eigenvalue weighted by atomic mass is 10.2. The lowest BCUT2D eigenvalue weighted by Crippen LogP contribution is -2.13. The molecule has 0 saturated heterocycles. The number of hydrogen-bond acceptors (Lipinski definition) is 4. The van der Waals surface area contributed by atoms with Crippen molar-refractivity contribution in [2.45, 2.75) is 11.8 Å². The second-order valence-corrected chi connectivity index (χ2v) is 5.78. The van der Waals surface area contributed by atoms with Gasteiger partial charge in [-0.15, -0.1) is 11.8 Å². The van der Waals surface area contributed by atoms with Crippen LogP contribution >= 0.6 is 11.8 Å². The topological polar surface area (TPSA) is 82.0 Å². The second-order valence-electron chi connectivity index (χ2n) is 4.73. The van der Waals surface area contributed by atoms with Crippen LogP contribution in [0.1, 0.15) is 12.5 Å². The summed E-state index contributed by atoms with van der Waals surface area (Å²) in [4.78, 5) is 23.8. The maximum atomic E-state index is 11.9. The van der Waals surface area contributed by atoms with Gasteiger partial charge in [0.25, 0.3) is 0 Å². The van der Waals surface area contributed by atoms with Gasteiger partial charge in [-0.05, 0) is 48.5 Å². The highest BCUT2D eigenvalue weighted by molar-refractivity contribution is 8.00. The average Bonchev–Trinajstić information content (AvgIpc) is 2.54. The van der Waals surface area contributed by atoms with Crippen LogP contribution < -0.4 is 10.6 Å². The highest BCUT2D eigenvalue weighted by Gasteiger charge is 2.04. The fourth-order valence-electron chi connectivity index (χ4n) is 1.81. The van der Waals surface area contributed by atoms with Gasteiger partial charge in [0.05, 0.1) is 17.4 Å². The number of thioether (sulfide) groups is 1. The molecule has 0 fully saturated rings. The highest BCUT2D eigenvalue weighted by Crippen LogP contribution is 2.20. The van der Waals surface area contributed by atoms with E-state index in [2.05, 4.69) is 10.6 Å². The lowest BCUT2D eigenvalue weighted by Gasteiger charge is -2.06. The fourth-order valence-corrected chi connectivity index (χ4v) is 2.51. The summed E-state index contributed by atoms with van der Waals surface area (Å²) in [6.45, 7) is 1.45. The minimum absolute atomic E-state index is 0.118. The van der Waals surface area contributed by atoms with E-state index in [1.54, 1.807) is 36.4 Å². The summed E-state index contributed by atoms with van der Waals surface area (Å²) in [6.07, 6.45) is 0. The molecule has 2 aromatic rings. The zero-order valence-corrected chi connectivity index (χ0v) is 13.3. The average molecular weight is 325 g/mol. The molecule has 0 aromatic heterocycles. The number of nitriles is 1. The second kappa shape index (κ2) is 8.01. The Labute approximate surface area is 138 Å². The summed E-state index contributed by atoms with van der Waals surface area (Å²) in [5, 5.41) is 14.2. The number of nitrogens with one attached hydrogen (secondary N) is 2. The molecule has 2 N–H and O–H groups in total. The number of amides is 2. The molecule has 0 spiro atoms. The fraction of sp³-hybridized carbons (Fsp3) is 0.118. The van der Waals surface area contributed by atoms with Crippen molar-refractivity contribution in [3.05, 3.63) is 54.1 Å². The predicted molar refractivity (Wildman–Crippen MR) is 91.3 cm³/mol. The maximum absolute atomic E-state index is 11.9. The molecular formula is C17H15N3O2S. The quantitative estimate of drug-likeness (QED) is 0.827. The number of anilines is 2. The molecule has 0 atom stereocenters. The van der Waals surface area contributed by atoms with Gasteiger partial charge < -0.3 is 10.6 Å². The summed E-state index contributed by atoms with van der Waals surface area (Å²) >= 11 is 1.41. The van der Waals surface area contributed by atoms with E-state index in [0.29, 0.717) is 11.3 Å². The van der Waals surface area contributed by atoms with E-state index in [9.17, 15) is 9.59 Å². The van der Waals surface area contributed by atoms with Crippen molar-refractivity contribution in [3.63, 3.8) is 0 Å². The van der Waals surface area contributed by atoms with Gasteiger partial charge in [0.2, 0.25) is 11.8 Å². The van der Waals surface area contributed by atoms with E-state index in [1.807, 2.05) is 18.2 Å². The zero-order valence-electron chi connectivity index (χ0n) is 12.5. The van der Waals surface area contributed by atoms with Gasteiger partial charge in [-0.25, -0.2) is 0 Å². The number of nitrogens with zero attached hydrogens (tertiary/aromatic N) is 1. The van der Waals surface area contributed by atoms with Gasteiger partial charge in [-0.2, -0.15) is 5.26 Å². The van der Waals surface area contributed by atoms with Crippen LogP contribution in [0.25, 0.3) is 0 Å². The molecular weight excluding hydrogens is 310 g/mol. The Kier molecular flexibility index (Phi) is 5.78. The number of rotatable bonds is 5. The third-order valence-corrected chi connectivity index (χ3v) is 3.85. The molecule has 5 nitrogen and oxygen atoms in total. The van der Waals surface area contributed by atoms with Crippen molar-refractivity contribution in [2.24, 2.45) is 0 Å². The van der Waals surface area contributed by atoms with Gasteiger partial charge >= 0.3 is 0 Å². The third kappa shape index (κ3) is 5.49. The first-order chi connectivity index (χ1) is 11.1. The molecule has 0 unspecified atom stereocenters. The van der Waals surface area contributed by atoms with Gasteiger partial charge in [0.1, 0.15) is 0 Å². The Hall–Kier alpha value is -2.78. The van der Waals surface area contributed by atoms with Gasteiger partial charge in [-0.3, -0.25) is 9.59 Å². The van der Waals surface area contributed by atoms with Crippen LogP contribution in [0.15, 0.2) is 53.4 Å². The van der Waals surface area contributed by atoms with Gasteiger partial charge in [-0.1, -0.05) is 0 Å². The highest BCUT2D eigenvalue weighted by atomic mass is 32.2. The molecule has 116 valence electrons. The Morgan fingerprint density at radius 1 is 1.00 bits per heavy atom. The first kappa shape index (κ1) is 16.6. The lowest BCUT2D eigenvalue weighted by molar-refractivity contribution is -0.114. The van der Waals surface area contributed by atoms with E-state index < -0.39 is 0 Å². The Morgan fingerprint density at radius 2 is 1.57 bits per heavy atom. The molecule has 2 rings (SSSR count). The standard InChI is InChI=1S/C17H15N3O2S/c1-12(21)19-14-6-8-16(9-7-14)23-11-17(22)20-15-4-2-13(10-18)3-5-15/h2-9H,11H2,1H3,(H,19,21)(H,20,22). The van der Waals surface area contributed by atoms with E-state index in [1.165, 1.54) is 18.7 Å². The molecule has 0 radical (unpaired) electrons. The summed E-state index contributed by atoms with van der Waals surface area (Å²) in [5.74, 6) is 0.0392. The maximum Gasteiger partial charge on any atom is 0.234 e. The molecule has 0 aliphatic rings. The summed E-state index contributed by atoms with van der Waals surface area (Å²) in [6, 6.07) is 16.0. The largest absolute Gasteiger partial charge is 0.326 e. The smallest absolute Gasteiger partial charge is 0.234 e. The molecule has 0 aliphatic carbocycles. The van der Waals surface area contributed by atoms with E-state index in [-0.39, 0.29) is 17.6 Å². The molecule has 0 saturated carbocycles. The Balaban J connectivity index is 1.83. The summed E-state index contributed by atoms with van der Waals surface area (Å²) in [7, 11) is 0. The van der Waals surface area contributed by atoms with E-state index >= 15 is 0 Å². The number of benzene rings is 2. The van der Waals surface area contributed by atoms with Crippen LogP contribution in [0.4, 0.5) is 11.4 Å². The number of hydrogen-bond donors (Lipinski definition) is 2. The zero-order chi connectivity index (χ0) is 16.7. The molecule has 23 heavy (non-hydrogen) atoms. The van der Waals surface area contributed by atoms with Crippen LogP contribution in [0.5, 0.6) is 0 Å². The molecule has 2 amide bonds. The number of carbonyl (C=O) groups excluding carboxylic acids is 2. The normalized spacial score (nSPS) is 9.74. The SMILES string of the molecule is CC(=O)Nc1ccc(SCC(=O)Nc2ccc(C#N)cc2)cc1. The minimum Gasteiger partial charge on any atom is -0.326 e. The van der Waals surface area contributed by atoms with Crippen LogP contribution in [-0.4, -0.2) is 17.6 Å². The molecule has 0 bridgehead atoms. The van der Waals surface area contributed by atoms with Crippen molar-refractivity contribution in [1.82, 2.24) is 0 Å². The van der Waals surface area contributed by atoms with Crippen LogP contribution in [0.2, 0.25) is 0 Å². The van der Waals surface area contributed by atoms with Crippen LogP contribution in [-0.2, 0) is 9.59 Å². The Morgan fingerprint density at radius 3 is 2.13 bits per heavy atom. The van der Waals surface area contributed by atoms with E-state index in [4.69, 9.17) is 5.26 Å². The summed E-state index contributed by atoms with van der Waals surface area (Å²) < 4.78 is 0. The van der Waals surface area contributed by atoms with Crippen molar-refractivity contribution in [3.8, 4) is 6.07 Å². The monoisotopic (exact) mass is 325 g/mol. The minimum atomic E-state index is -0.120. The first-order valence-electron chi connectivity index (χ1n) is 6.87. The first-order valence-corrected chi connectivity index (χ1v) is 7.86. The van der Waals surface area contributed by atoms with Crippen LogP contribution in [0, 0.1) is 11.3 Å². The van der Waals surface area contributed by atoms with Crippen molar-refractivity contribution in [1.29, 1.82) is 5.26 Å². The summed E-state index contributed by atoms with van der Waals surface area (Å²) in [5.41, 5.74) is 1.94. The molecule has 0 heterocycles. The van der Waals surface area contributed by atoms with Crippen molar-refractivity contribution < 1.29 is 9.59 Å². The Bertz CT molecular complexity index is 734. The van der Waals surface area contributed by atoms with Crippen molar-refractivity contribution in [2.75, 3.05) is 16.4 Å². The van der Waals surface area contributed by atoms with Gasteiger partial charge in [0.15, 0.2) is 0 Å². The number of carbonyl (C=O) groups is 2. The molecule has 2 aromatic carbocycles. The third-order valence-electron chi connectivity index (χ3n) is 2.84. The molecule has 6 heteroatoms. The molecule has 0 aliphatic heterocycles.